The van der Waals surface area contributed by atoms with Gasteiger partial charge < -0.3 is 15.0 Å². The molecule has 9 nitrogen and oxygen atoms in total. The lowest BCUT2D eigenvalue weighted by molar-refractivity contribution is 0.303. The number of nitrogens with zero attached hydrogens (tertiary/aromatic N) is 5. The fourth-order valence-electron chi connectivity index (χ4n) is 4.78. The van der Waals surface area contributed by atoms with Crippen molar-refractivity contribution < 1.29 is 17.5 Å². The lowest BCUT2D eigenvalue weighted by Gasteiger charge is -2.15. The third kappa shape index (κ3) is 8.35. The molecule has 6 aromatic rings. The summed E-state index contributed by atoms with van der Waals surface area (Å²) < 4.78 is 45.4. The summed E-state index contributed by atoms with van der Waals surface area (Å²) in [6.07, 6.45) is 3.88. The maximum Gasteiger partial charge on any atom is 0.179 e. The minimum absolute atomic E-state index is 0.0571. The van der Waals surface area contributed by atoms with Crippen LogP contribution < -0.4 is 10.1 Å². The zero-order valence-electron chi connectivity index (χ0n) is 25.3. The molecule has 0 fully saturated rings. The Morgan fingerprint density at radius 1 is 0.957 bits per heavy atom. The van der Waals surface area contributed by atoms with Gasteiger partial charge in [-0.05, 0) is 77.1 Å². The Morgan fingerprint density at radius 2 is 1.81 bits per heavy atom. The first-order valence-electron chi connectivity index (χ1n) is 14.7. The maximum absolute atomic E-state index is 13.5. The highest BCUT2D eigenvalue weighted by molar-refractivity contribution is 9.10. The zero-order valence-corrected chi connectivity index (χ0v) is 28.5. The topological polar surface area (TPSA) is 110 Å². The van der Waals surface area contributed by atoms with Crippen molar-refractivity contribution in [2.24, 2.45) is 0 Å². The van der Waals surface area contributed by atoms with Gasteiger partial charge in [0.2, 0.25) is 0 Å². The summed E-state index contributed by atoms with van der Waals surface area (Å²) >= 11 is 5.12. The lowest BCUT2D eigenvalue weighted by Crippen LogP contribution is -2.27. The largest absolute Gasteiger partial charge is 0.488 e. The number of rotatable bonds is 13. The van der Waals surface area contributed by atoms with E-state index in [0.717, 1.165) is 31.8 Å². The molecular formula is C34H30BrFN6O3S2. The van der Waals surface area contributed by atoms with E-state index in [1.165, 1.54) is 18.5 Å². The van der Waals surface area contributed by atoms with E-state index in [0.29, 0.717) is 47.2 Å². The highest BCUT2D eigenvalue weighted by Crippen LogP contribution is 2.32. The molecule has 0 spiro atoms. The Bertz CT molecular complexity index is 2110. The SMILES string of the molecule is CN(CCc1nc(-c2cc3c(Nc4ccc(OCc5cccc(F)c5)c(Br)c4)ncnc3cn2)cs1)CCS(=O)(=O)c1ccccc1. The second kappa shape index (κ2) is 14.6. The van der Waals surface area contributed by atoms with Crippen LogP contribution in [0.4, 0.5) is 15.9 Å². The van der Waals surface area contributed by atoms with E-state index >= 15 is 0 Å². The molecule has 0 saturated heterocycles. The number of likely N-dealkylation sites (N-methyl/N-ethyl adjacent to an activating group) is 1. The molecule has 1 N–H and O–H groups in total. The quantitative estimate of drug-likeness (QED) is 0.131. The fourth-order valence-corrected chi connectivity index (χ4v) is 7.42. The molecule has 0 bridgehead atoms. The minimum atomic E-state index is -3.33. The Hall–Kier alpha value is -4.30. The van der Waals surface area contributed by atoms with Crippen LogP contribution in [0, 0.1) is 5.82 Å². The standard InChI is InChI=1S/C34H30BrFN6O3S2/c1-42(14-15-47(43,44)26-8-3-2-4-9-26)13-12-33-41-31(21-46-33)29-18-27-30(19-37-29)38-22-39-34(27)40-25-10-11-32(28(35)17-25)45-20-23-6-5-7-24(36)16-23/h2-11,16-19,21-22H,12-15,20H2,1H3,(H,38,39,40). The average Bonchev–Trinajstić information content (AvgIpc) is 3.56. The molecule has 0 saturated carbocycles. The molecule has 240 valence electrons. The Labute approximate surface area is 284 Å². The molecule has 47 heavy (non-hydrogen) atoms. The van der Waals surface area contributed by atoms with Crippen molar-refractivity contribution in [1.82, 2.24) is 24.8 Å². The first kappa shape index (κ1) is 32.6. The van der Waals surface area contributed by atoms with Crippen LogP contribution >= 0.6 is 27.3 Å². The number of thiazole rings is 1. The van der Waals surface area contributed by atoms with E-state index in [1.807, 2.05) is 47.7 Å². The molecule has 0 unspecified atom stereocenters. The molecule has 6 rings (SSSR count). The third-order valence-electron chi connectivity index (χ3n) is 7.37. The predicted octanol–water partition coefficient (Wildman–Crippen LogP) is 7.32. The summed E-state index contributed by atoms with van der Waals surface area (Å²) in [7, 11) is -1.41. The summed E-state index contributed by atoms with van der Waals surface area (Å²) in [5.41, 5.74) is 3.65. The van der Waals surface area contributed by atoms with E-state index in [9.17, 15) is 12.8 Å². The van der Waals surface area contributed by atoms with Crippen LogP contribution in [0.15, 0.2) is 106 Å². The van der Waals surface area contributed by atoms with Gasteiger partial charge in [0, 0.05) is 36.0 Å². The smallest absolute Gasteiger partial charge is 0.179 e. The average molecular weight is 734 g/mol. The second-order valence-electron chi connectivity index (χ2n) is 10.8. The van der Waals surface area contributed by atoms with E-state index in [4.69, 9.17) is 9.72 Å². The number of aromatic nitrogens is 4. The molecule has 3 aromatic heterocycles. The van der Waals surface area contributed by atoms with Crippen LogP contribution in [-0.4, -0.2) is 59.1 Å². The van der Waals surface area contributed by atoms with Gasteiger partial charge >= 0.3 is 0 Å². The number of pyridine rings is 1. The van der Waals surface area contributed by atoms with E-state index in [1.54, 1.807) is 53.9 Å². The number of sulfone groups is 1. The lowest BCUT2D eigenvalue weighted by atomic mass is 10.2. The van der Waals surface area contributed by atoms with Crippen LogP contribution in [0.25, 0.3) is 22.3 Å². The van der Waals surface area contributed by atoms with Gasteiger partial charge in [0.05, 0.1) is 43.2 Å². The Kier molecular flexibility index (Phi) is 10.2. The Balaban J connectivity index is 1.09. The zero-order chi connectivity index (χ0) is 32.8. The third-order valence-corrected chi connectivity index (χ3v) is 10.6. The van der Waals surface area contributed by atoms with Crippen LogP contribution in [0.3, 0.4) is 0 Å². The molecule has 3 aromatic carbocycles. The van der Waals surface area contributed by atoms with Crippen LogP contribution in [-0.2, 0) is 22.9 Å². The van der Waals surface area contributed by atoms with Crippen molar-refractivity contribution in [1.29, 1.82) is 0 Å². The highest BCUT2D eigenvalue weighted by Gasteiger charge is 2.16. The molecule has 0 aliphatic carbocycles. The maximum atomic E-state index is 13.5. The molecule has 3 heterocycles. The van der Waals surface area contributed by atoms with Gasteiger partial charge in [-0.2, -0.15) is 0 Å². The summed E-state index contributed by atoms with van der Waals surface area (Å²) in [6, 6.07) is 22.4. The monoisotopic (exact) mass is 732 g/mol. The molecule has 0 atom stereocenters. The predicted molar refractivity (Wildman–Crippen MR) is 186 cm³/mol. The number of nitrogens with one attached hydrogen (secondary N) is 1. The van der Waals surface area contributed by atoms with Crippen molar-refractivity contribution in [3.8, 4) is 17.1 Å². The van der Waals surface area contributed by atoms with Gasteiger partial charge in [-0.15, -0.1) is 11.3 Å². The van der Waals surface area contributed by atoms with Gasteiger partial charge in [0.15, 0.2) is 9.84 Å². The number of halogens is 2. The molecule has 0 amide bonds. The van der Waals surface area contributed by atoms with Gasteiger partial charge in [-0.1, -0.05) is 30.3 Å². The summed E-state index contributed by atoms with van der Waals surface area (Å²) in [5.74, 6) is 0.995. The van der Waals surface area contributed by atoms with Crippen LogP contribution in [0.2, 0.25) is 0 Å². The summed E-state index contributed by atoms with van der Waals surface area (Å²) in [6.45, 7) is 1.34. The minimum Gasteiger partial charge on any atom is -0.488 e. The number of anilines is 2. The van der Waals surface area contributed by atoms with E-state index < -0.39 is 9.84 Å². The molecule has 13 heteroatoms. The number of ether oxygens (including phenoxy) is 1. The van der Waals surface area contributed by atoms with Gasteiger partial charge in [-0.3, -0.25) is 4.98 Å². The second-order valence-corrected chi connectivity index (χ2v) is 14.7. The highest BCUT2D eigenvalue weighted by atomic mass is 79.9. The van der Waals surface area contributed by atoms with Gasteiger partial charge in [0.25, 0.3) is 0 Å². The normalized spacial score (nSPS) is 11.7. The fraction of sp³-hybridized carbons (Fsp3) is 0.176. The van der Waals surface area contributed by atoms with Crippen LogP contribution in [0.5, 0.6) is 5.75 Å². The number of hydrogen-bond acceptors (Lipinski definition) is 10. The molecule has 0 radical (unpaired) electrons. The van der Waals surface area contributed by atoms with E-state index in [2.05, 4.69) is 36.2 Å². The first-order chi connectivity index (χ1) is 22.7. The van der Waals surface area contributed by atoms with Crippen LogP contribution in [0.1, 0.15) is 10.6 Å². The Morgan fingerprint density at radius 3 is 2.62 bits per heavy atom. The van der Waals surface area contributed by atoms with Gasteiger partial charge in [0.1, 0.15) is 30.3 Å². The van der Waals surface area contributed by atoms with Crippen molar-refractivity contribution in [3.63, 3.8) is 0 Å². The molecule has 0 aliphatic heterocycles. The number of hydrogen-bond donors (Lipinski definition) is 1. The van der Waals surface area contributed by atoms with E-state index in [-0.39, 0.29) is 18.2 Å². The van der Waals surface area contributed by atoms with Crippen molar-refractivity contribution >= 4 is 59.5 Å². The first-order valence-corrected chi connectivity index (χ1v) is 18.0. The summed E-state index contributed by atoms with van der Waals surface area (Å²) in [5, 5.41) is 7.06. The van der Waals surface area contributed by atoms with Crippen molar-refractivity contribution in [3.05, 3.63) is 118 Å². The molecular weight excluding hydrogens is 703 g/mol. The summed E-state index contributed by atoms with van der Waals surface area (Å²) in [4.78, 5) is 20.6. The van der Waals surface area contributed by atoms with Crippen molar-refractivity contribution in [2.45, 2.75) is 17.9 Å². The molecule has 0 aliphatic rings. The number of benzene rings is 3. The van der Waals surface area contributed by atoms with Gasteiger partial charge in [-0.25, -0.2) is 27.8 Å². The van der Waals surface area contributed by atoms with Crippen molar-refractivity contribution in [2.75, 3.05) is 31.2 Å². The number of fused-ring (bicyclic) bond motifs is 1.